The number of nitrogens with one attached hydrogen (secondary N) is 1. The summed E-state index contributed by atoms with van der Waals surface area (Å²) in [5.41, 5.74) is 7.51. The Balaban J connectivity index is 2.59. The van der Waals surface area contributed by atoms with Crippen molar-refractivity contribution in [2.24, 2.45) is 0 Å². The van der Waals surface area contributed by atoms with Gasteiger partial charge in [0.15, 0.2) is 0 Å². The van der Waals surface area contributed by atoms with Crippen molar-refractivity contribution in [2.45, 2.75) is 32.8 Å². The number of nitrogens with two attached hydrogens (primary N) is 1. The number of imidazole rings is 1. The molecule has 19 heavy (non-hydrogen) atoms. The molecule has 0 saturated carbocycles. The Morgan fingerprint density at radius 3 is 2.68 bits per heavy atom. The molecular weight excluding hydrogens is 242 g/mol. The third-order valence-corrected chi connectivity index (χ3v) is 3.12. The van der Waals surface area contributed by atoms with Gasteiger partial charge in [0.2, 0.25) is 5.95 Å². The summed E-state index contributed by atoms with van der Waals surface area (Å²) in [6.07, 6.45) is 2.44. The van der Waals surface area contributed by atoms with Gasteiger partial charge in [0.25, 0.3) is 0 Å². The van der Waals surface area contributed by atoms with Gasteiger partial charge < -0.3 is 15.5 Å². The lowest BCUT2D eigenvalue weighted by Crippen LogP contribution is -2.21. The van der Waals surface area contributed by atoms with E-state index in [0.717, 1.165) is 23.6 Å². The zero-order chi connectivity index (χ0) is 14.0. The number of anilines is 1. The Morgan fingerprint density at radius 2 is 2.11 bits per heavy atom. The minimum atomic E-state index is -0.477. The van der Waals surface area contributed by atoms with Crippen LogP contribution in [0.15, 0.2) is 12.3 Å². The molecule has 0 saturated heterocycles. The standard InChI is InChI=1S/C13H19N5O/c1-5-9-17-10(8-6-7-15-12(14)16-8)11(18-9)13(2,3)19-4/h6-7H,5H2,1-4H3,(H,17,18)(H2,14,15,16). The van der Waals surface area contributed by atoms with Gasteiger partial charge >= 0.3 is 0 Å². The van der Waals surface area contributed by atoms with Crippen LogP contribution in [0, 0.1) is 0 Å². The molecule has 0 aliphatic heterocycles. The molecule has 2 aromatic heterocycles. The summed E-state index contributed by atoms with van der Waals surface area (Å²) in [6, 6.07) is 1.79. The number of rotatable bonds is 4. The van der Waals surface area contributed by atoms with Crippen molar-refractivity contribution in [3.8, 4) is 11.4 Å². The maximum atomic E-state index is 5.64. The highest BCUT2D eigenvalue weighted by molar-refractivity contribution is 5.59. The predicted octanol–water partition coefficient (Wildman–Crippen LogP) is 1.89. The van der Waals surface area contributed by atoms with E-state index in [1.54, 1.807) is 19.4 Å². The van der Waals surface area contributed by atoms with E-state index in [0.29, 0.717) is 5.69 Å². The first kappa shape index (κ1) is 13.5. The van der Waals surface area contributed by atoms with Crippen molar-refractivity contribution in [2.75, 3.05) is 12.8 Å². The summed E-state index contributed by atoms with van der Waals surface area (Å²) < 4.78 is 5.53. The number of aromatic amines is 1. The van der Waals surface area contributed by atoms with Gasteiger partial charge in [-0.3, -0.25) is 0 Å². The fourth-order valence-electron chi connectivity index (χ4n) is 1.82. The lowest BCUT2D eigenvalue weighted by atomic mass is 10.0. The second-order valence-electron chi connectivity index (χ2n) is 4.78. The number of nitrogen functional groups attached to an aromatic ring is 1. The Labute approximate surface area is 112 Å². The zero-order valence-corrected chi connectivity index (χ0v) is 11.7. The molecule has 102 valence electrons. The topological polar surface area (TPSA) is 89.7 Å². The predicted molar refractivity (Wildman–Crippen MR) is 73.4 cm³/mol. The highest BCUT2D eigenvalue weighted by Crippen LogP contribution is 2.31. The SMILES string of the molecule is CCc1nc(-c2ccnc(N)n2)c(C(C)(C)OC)[nH]1. The van der Waals surface area contributed by atoms with Gasteiger partial charge in [0.05, 0.1) is 11.4 Å². The van der Waals surface area contributed by atoms with Crippen molar-refractivity contribution in [3.05, 3.63) is 23.8 Å². The molecule has 0 aromatic carbocycles. The number of aromatic nitrogens is 4. The van der Waals surface area contributed by atoms with E-state index in [-0.39, 0.29) is 5.95 Å². The minimum absolute atomic E-state index is 0.236. The molecule has 0 spiro atoms. The van der Waals surface area contributed by atoms with Crippen LogP contribution in [0.1, 0.15) is 32.3 Å². The molecule has 0 bridgehead atoms. The van der Waals surface area contributed by atoms with Crippen LogP contribution in [0.5, 0.6) is 0 Å². The van der Waals surface area contributed by atoms with E-state index in [1.165, 1.54) is 0 Å². The van der Waals surface area contributed by atoms with Gasteiger partial charge in [0, 0.05) is 19.7 Å². The zero-order valence-electron chi connectivity index (χ0n) is 11.7. The Hall–Kier alpha value is -1.95. The summed E-state index contributed by atoms with van der Waals surface area (Å²) in [5, 5.41) is 0. The number of H-pyrrole nitrogens is 1. The number of ether oxygens (including phenoxy) is 1. The van der Waals surface area contributed by atoms with Crippen molar-refractivity contribution in [1.82, 2.24) is 19.9 Å². The van der Waals surface area contributed by atoms with E-state index in [1.807, 2.05) is 20.8 Å². The van der Waals surface area contributed by atoms with Crippen molar-refractivity contribution in [3.63, 3.8) is 0 Å². The number of aryl methyl sites for hydroxylation is 1. The number of methoxy groups -OCH3 is 1. The molecule has 2 heterocycles. The molecule has 6 heteroatoms. The van der Waals surface area contributed by atoms with Gasteiger partial charge in [-0.05, 0) is 19.9 Å². The highest BCUT2D eigenvalue weighted by Gasteiger charge is 2.28. The Kier molecular flexibility index (Phi) is 3.53. The Morgan fingerprint density at radius 1 is 1.37 bits per heavy atom. The summed E-state index contributed by atoms with van der Waals surface area (Å²) in [7, 11) is 1.67. The summed E-state index contributed by atoms with van der Waals surface area (Å²) in [4.78, 5) is 16.0. The second-order valence-corrected chi connectivity index (χ2v) is 4.78. The van der Waals surface area contributed by atoms with E-state index >= 15 is 0 Å². The maximum absolute atomic E-state index is 5.64. The van der Waals surface area contributed by atoms with Crippen LogP contribution >= 0.6 is 0 Å². The molecule has 0 unspecified atom stereocenters. The summed E-state index contributed by atoms with van der Waals surface area (Å²) in [6.45, 7) is 6.00. The van der Waals surface area contributed by atoms with Crippen LogP contribution < -0.4 is 5.73 Å². The van der Waals surface area contributed by atoms with Gasteiger partial charge in [-0.1, -0.05) is 6.92 Å². The molecule has 0 atom stereocenters. The van der Waals surface area contributed by atoms with Crippen LogP contribution in [0.3, 0.4) is 0 Å². The van der Waals surface area contributed by atoms with Crippen LogP contribution in [0.2, 0.25) is 0 Å². The van der Waals surface area contributed by atoms with Crippen molar-refractivity contribution in [1.29, 1.82) is 0 Å². The lowest BCUT2D eigenvalue weighted by molar-refractivity contribution is 0.0162. The first-order valence-electron chi connectivity index (χ1n) is 6.21. The summed E-state index contributed by atoms with van der Waals surface area (Å²) in [5.74, 6) is 1.13. The number of hydrogen-bond donors (Lipinski definition) is 2. The molecule has 2 aromatic rings. The van der Waals surface area contributed by atoms with Gasteiger partial charge in [-0.15, -0.1) is 0 Å². The third kappa shape index (κ3) is 2.58. The quantitative estimate of drug-likeness (QED) is 0.877. The van der Waals surface area contributed by atoms with Crippen molar-refractivity contribution >= 4 is 5.95 Å². The molecule has 0 amide bonds. The average Bonchev–Trinajstić information content (AvgIpc) is 2.83. The maximum Gasteiger partial charge on any atom is 0.220 e. The van der Waals surface area contributed by atoms with Crippen LogP contribution in [-0.2, 0) is 16.8 Å². The lowest BCUT2D eigenvalue weighted by Gasteiger charge is -2.22. The van der Waals surface area contributed by atoms with Gasteiger partial charge in [0.1, 0.15) is 17.1 Å². The average molecular weight is 261 g/mol. The van der Waals surface area contributed by atoms with E-state index in [9.17, 15) is 0 Å². The second kappa shape index (κ2) is 4.97. The fraction of sp³-hybridized carbons (Fsp3) is 0.462. The van der Waals surface area contributed by atoms with Gasteiger partial charge in [-0.25, -0.2) is 15.0 Å². The van der Waals surface area contributed by atoms with E-state index in [2.05, 4.69) is 19.9 Å². The first-order valence-corrected chi connectivity index (χ1v) is 6.21. The summed E-state index contributed by atoms with van der Waals surface area (Å²) >= 11 is 0. The van der Waals surface area contributed by atoms with E-state index in [4.69, 9.17) is 10.5 Å². The minimum Gasteiger partial charge on any atom is -0.373 e. The van der Waals surface area contributed by atoms with E-state index < -0.39 is 5.60 Å². The normalized spacial score (nSPS) is 11.8. The monoisotopic (exact) mass is 261 g/mol. The molecule has 0 radical (unpaired) electrons. The molecule has 6 nitrogen and oxygen atoms in total. The fourth-order valence-corrected chi connectivity index (χ4v) is 1.82. The molecule has 0 fully saturated rings. The van der Waals surface area contributed by atoms with Gasteiger partial charge in [-0.2, -0.15) is 0 Å². The molecule has 2 rings (SSSR count). The number of nitrogens with zero attached hydrogens (tertiary/aromatic N) is 3. The molecule has 3 N–H and O–H groups in total. The largest absolute Gasteiger partial charge is 0.373 e. The highest BCUT2D eigenvalue weighted by atomic mass is 16.5. The Bertz CT molecular complexity index is 576. The first-order chi connectivity index (χ1) is 8.97. The third-order valence-electron chi connectivity index (χ3n) is 3.12. The van der Waals surface area contributed by atoms with Crippen molar-refractivity contribution < 1.29 is 4.74 Å². The molecular formula is C13H19N5O. The smallest absolute Gasteiger partial charge is 0.220 e. The van der Waals surface area contributed by atoms with Crippen LogP contribution in [0.4, 0.5) is 5.95 Å². The van der Waals surface area contributed by atoms with Crippen LogP contribution in [0.25, 0.3) is 11.4 Å². The molecule has 0 aliphatic carbocycles. The number of hydrogen-bond acceptors (Lipinski definition) is 5. The van der Waals surface area contributed by atoms with Crippen LogP contribution in [-0.4, -0.2) is 27.0 Å². The molecule has 0 aliphatic rings.